The smallest absolute Gasteiger partial charge is 0.229 e. The Morgan fingerprint density at radius 2 is 2.00 bits per heavy atom. The molecule has 3 heteroatoms. The number of rotatable bonds is 3. The predicted octanol–water partition coefficient (Wildman–Crippen LogP) is 1.49. The topological polar surface area (TPSA) is 32.3 Å². The van der Waals surface area contributed by atoms with Gasteiger partial charge in [0, 0.05) is 19.6 Å². The molecule has 2 unspecified atom stereocenters. The molecule has 1 fully saturated rings. The number of carbonyl (C=O) groups excluding carboxylic acids is 1. The van der Waals surface area contributed by atoms with Gasteiger partial charge in [0.05, 0.1) is 5.41 Å². The zero-order chi connectivity index (χ0) is 11.6. The molecule has 0 aromatic rings. The second kappa shape index (κ2) is 4.52. The summed E-state index contributed by atoms with van der Waals surface area (Å²) in [7, 11) is 1.93. The van der Waals surface area contributed by atoms with Crippen LogP contribution in [0.5, 0.6) is 0 Å². The van der Waals surface area contributed by atoms with Crippen molar-refractivity contribution in [2.45, 2.75) is 40.2 Å². The third-order valence-electron chi connectivity index (χ3n) is 3.78. The van der Waals surface area contributed by atoms with Crippen molar-refractivity contribution in [2.75, 3.05) is 20.1 Å². The number of carbonyl (C=O) groups is 1. The Morgan fingerprint density at radius 3 is 2.40 bits per heavy atom. The summed E-state index contributed by atoms with van der Waals surface area (Å²) >= 11 is 0. The number of nitrogens with zero attached hydrogens (tertiary/aromatic N) is 1. The van der Waals surface area contributed by atoms with E-state index in [0.717, 1.165) is 19.5 Å². The molecule has 88 valence electrons. The van der Waals surface area contributed by atoms with Crippen LogP contribution in [0.15, 0.2) is 0 Å². The summed E-state index contributed by atoms with van der Waals surface area (Å²) in [6, 6.07) is 0.315. The van der Waals surface area contributed by atoms with E-state index in [9.17, 15) is 4.79 Å². The Balaban J connectivity index is 2.67. The maximum Gasteiger partial charge on any atom is 0.229 e. The van der Waals surface area contributed by atoms with Crippen LogP contribution in [0.1, 0.15) is 34.1 Å². The van der Waals surface area contributed by atoms with Gasteiger partial charge in [0.15, 0.2) is 0 Å². The normalized spacial score (nSPS) is 28.1. The van der Waals surface area contributed by atoms with Crippen molar-refractivity contribution >= 4 is 5.91 Å². The molecule has 0 aromatic heterocycles. The van der Waals surface area contributed by atoms with Crippen molar-refractivity contribution in [3.8, 4) is 0 Å². The van der Waals surface area contributed by atoms with Crippen LogP contribution in [-0.4, -0.2) is 37.0 Å². The summed E-state index contributed by atoms with van der Waals surface area (Å²) < 4.78 is 0. The highest BCUT2D eigenvalue weighted by molar-refractivity contribution is 5.83. The largest absolute Gasteiger partial charge is 0.342 e. The lowest BCUT2D eigenvalue weighted by Gasteiger charge is -2.34. The van der Waals surface area contributed by atoms with Crippen LogP contribution in [0, 0.1) is 11.3 Å². The Labute approximate surface area is 93.2 Å². The minimum absolute atomic E-state index is 0.183. The standard InChI is InChI=1S/C12H24N2O/c1-9(2)10(3)14(5)11(15)12(4)6-7-13-8-12/h9-10,13H,6-8H2,1-5H3. The van der Waals surface area contributed by atoms with Gasteiger partial charge in [-0.2, -0.15) is 0 Å². The number of nitrogens with one attached hydrogen (secondary N) is 1. The van der Waals surface area contributed by atoms with Crippen molar-refractivity contribution < 1.29 is 4.79 Å². The summed E-state index contributed by atoms with van der Waals surface area (Å²) in [4.78, 5) is 14.2. The Bertz CT molecular complexity index is 232. The summed E-state index contributed by atoms with van der Waals surface area (Å²) in [6.45, 7) is 10.3. The fraction of sp³-hybridized carbons (Fsp3) is 0.917. The van der Waals surface area contributed by atoms with Gasteiger partial charge in [-0.05, 0) is 32.7 Å². The summed E-state index contributed by atoms with van der Waals surface area (Å²) in [5.41, 5.74) is -0.183. The zero-order valence-electron chi connectivity index (χ0n) is 10.6. The lowest BCUT2D eigenvalue weighted by atomic mass is 9.87. The van der Waals surface area contributed by atoms with Crippen LogP contribution in [0.25, 0.3) is 0 Å². The van der Waals surface area contributed by atoms with E-state index in [1.54, 1.807) is 0 Å². The van der Waals surface area contributed by atoms with Crippen LogP contribution in [0.4, 0.5) is 0 Å². The first-order valence-electron chi connectivity index (χ1n) is 5.86. The minimum atomic E-state index is -0.183. The number of amides is 1. The van der Waals surface area contributed by atoms with E-state index in [1.165, 1.54) is 0 Å². The molecule has 15 heavy (non-hydrogen) atoms. The Kier molecular flexibility index (Phi) is 3.77. The first-order valence-corrected chi connectivity index (χ1v) is 5.86. The van der Waals surface area contributed by atoms with E-state index in [0.29, 0.717) is 12.0 Å². The SMILES string of the molecule is CC(C)C(C)N(C)C(=O)C1(C)CCNC1. The van der Waals surface area contributed by atoms with Crippen LogP contribution in [0.3, 0.4) is 0 Å². The van der Waals surface area contributed by atoms with E-state index in [1.807, 2.05) is 11.9 Å². The quantitative estimate of drug-likeness (QED) is 0.768. The lowest BCUT2D eigenvalue weighted by molar-refractivity contribution is -0.141. The average Bonchev–Trinajstić information content (AvgIpc) is 2.62. The highest BCUT2D eigenvalue weighted by Crippen LogP contribution is 2.28. The Morgan fingerprint density at radius 1 is 1.40 bits per heavy atom. The minimum Gasteiger partial charge on any atom is -0.342 e. The van der Waals surface area contributed by atoms with E-state index in [-0.39, 0.29) is 11.3 Å². The van der Waals surface area contributed by atoms with E-state index < -0.39 is 0 Å². The summed E-state index contributed by atoms with van der Waals surface area (Å²) in [5, 5.41) is 3.27. The second-order valence-corrected chi connectivity index (χ2v) is 5.39. The molecular formula is C12H24N2O. The lowest BCUT2D eigenvalue weighted by Crippen LogP contribution is -2.47. The van der Waals surface area contributed by atoms with Gasteiger partial charge in [-0.25, -0.2) is 0 Å². The van der Waals surface area contributed by atoms with Crippen LogP contribution < -0.4 is 5.32 Å². The fourth-order valence-electron chi connectivity index (χ4n) is 2.06. The first-order chi connectivity index (χ1) is 6.88. The first kappa shape index (κ1) is 12.5. The molecule has 3 nitrogen and oxygen atoms in total. The maximum atomic E-state index is 12.3. The third-order valence-corrected chi connectivity index (χ3v) is 3.78. The molecule has 0 bridgehead atoms. The van der Waals surface area contributed by atoms with E-state index >= 15 is 0 Å². The molecule has 1 aliphatic heterocycles. The maximum absolute atomic E-state index is 12.3. The zero-order valence-corrected chi connectivity index (χ0v) is 10.6. The van der Waals surface area contributed by atoms with Gasteiger partial charge in [0.2, 0.25) is 5.91 Å². The molecule has 0 spiro atoms. The third kappa shape index (κ3) is 2.51. The molecule has 0 radical (unpaired) electrons. The van der Waals surface area contributed by atoms with Gasteiger partial charge in [-0.15, -0.1) is 0 Å². The fourth-order valence-corrected chi connectivity index (χ4v) is 2.06. The van der Waals surface area contributed by atoms with Crippen LogP contribution >= 0.6 is 0 Å². The molecular weight excluding hydrogens is 188 g/mol. The molecule has 0 aliphatic carbocycles. The molecule has 1 N–H and O–H groups in total. The van der Waals surface area contributed by atoms with Crippen molar-refractivity contribution in [3.05, 3.63) is 0 Å². The van der Waals surface area contributed by atoms with E-state index in [4.69, 9.17) is 0 Å². The van der Waals surface area contributed by atoms with Crippen molar-refractivity contribution in [1.82, 2.24) is 10.2 Å². The van der Waals surface area contributed by atoms with Crippen LogP contribution in [0.2, 0.25) is 0 Å². The Hall–Kier alpha value is -0.570. The molecule has 1 amide bonds. The average molecular weight is 212 g/mol. The second-order valence-electron chi connectivity index (χ2n) is 5.39. The van der Waals surface area contributed by atoms with Gasteiger partial charge >= 0.3 is 0 Å². The summed E-state index contributed by atoms with van der Waals surface area (Å²) in [5.74, 6) is 0.797. The highest BCUT2D eigenvalue weighted by Gasteiger charge is 2.39. The van der Waals surface area contributed by atoms with Gasteiger partial charge in [0.25, 0.3) is 0 Å². The number of hydrogen-bond donors (Lipinski definition) is 1. The van der Waals surface area contributed by atoms with Gasteiger partial charge in [-0.3, -0.25) is 4.79 Å². The van der Waals surface area contributed by atoms with E-state index in [2.05, 4.69) is 33.0 Å². The van der Waals surface area contributed by atoms with Gasteiger partial charge in [0.1, 0.15) is 0 Å². The molecule has 2 atom stereocenters. The highest BCUT2D eigenvalue weighted by atomic mass is 16.2. The summed E-state index contributed by atoms with van der Waals surface area (Å²) in [6.07, 6.45) is 0.959. The molecule has 1 aliphatic rings. The van der Waals surface area contributed by atoms with Gasteiger partial charge < -0.3 is 10.2 Å². The monoisotopic (exact) mass is 212 g/mol. The molecule has 0 saturated carbocycles. The van der Waals surface area contributed by atoms with Gasteiger partial charge in [-0.1, -0.05) is 13.8 Å². The van der Waals surface area contributed by atoms with Crippen molar-refractivity contribution in [3.63, 3.8) is 0 Å². The number of hydrogen-bond acceptors (Lipinski definition) is 2. The molecule has 1 saturated heterocycles. The van der Waals surface area contributed by atoms with Crippen molar-refractivity contribution in [1.29, 1.82) is 0 Å². The van der Waals surface area contributed by atoms with Crippen LogP contribution in [-0.2, 0) is 4.79 Å². The van der Waals surface area contributed by atoms with Crippen molar-refractivity contribution in [2.24, 2.45) is 11.3 Å². The predicted molar refractivity (Wildman–Crippen MR) is 62.7 cm³/mol. The molecule has 0 aromatic carbocycles. The molecule has 1 rings (SSSR count). The molecule has 1 heterocycles.